The second-order valence-electron chi connectivity index (χ2n) is 19.3. The van der Waals surface area contributed by atoms with Gasteiger partial charge in [-0.15, -0.1) is 23.5 Å². The number of imide groups is 2. The smallest absolute Gasteiger partial charge is 0.305 e. The molecule has 344 valence electrons. The van der Waals surface area contributed by atoms with Gasteiger partial charge in [-0.2, -0.15) is 0 Å². The fraction of sp³-hybridized carbons (Fsp3) is 0.358. The number of rotatable bonds is 6. The summed E-state index contributed by atoms with van der Waals surface area (Å²) in [7, 11) is 3.12. The summed E-state index contributed by atoms with van der Waals surface area (Å²) in [5, 5.41) is 1.60. The molecule has 14 atom stereocenters. The summed E-state index contributed by atoms with van der Waals surface area (Å²) in [4.78, 5) is 89.1. The summed E-state index contributed by atoms with van der Waals surface area (Å²) in [6.45, 7) is 0. The van der Waals surface area contributed by atoms with Crippen molar-refractivity contribution < 1.29 is 33.4 Å². The molecule has 6 heterocycles. The zero-order valence-corrected chi connectivity index (χ0v) is 40.2. The van der Waals surface area contributed by atoms with E-state index in [1.54, 1.807) is 50.2 Å². The quantitative estimate of drug-likeness (QED) is 0.163. The molecule has 1 aromatic heterocycles. The first-order valence-corrected chi connectivity index (χ1v) is 26.7. The minimum Gasteiger partial charge on any atom is -0.495 e. The molecule has 11 nitrogen and oxygen atoms in total. The van der Waals surface area contributed by atoms with Gasteiger partial charge in [-0.3, -0.25) is 28.8 Å². The van der Waals surface area contributed by atoms with E-state index >= 15 is 0 Å². The van der Waals surface area contributed by atoms with Crippen LogP contribution in [0.25, 0.3) is 0 Å². The average Bonchev–Trinajstić information content (AvgIpc) is 4.25. The van der Waals surface area contributed by atoms with Crippen LogP contribution in [0.5, 0.6) is 11.5 Å². The van der Waals surface area contributed by atoms with Crippen LogP contribution in [0, 0.1) is 59.2 Å². The largest absolute Gasteiger partial charge is 0.495 e. The lowest BCUT2D eigenvalue weighted by atomic mass is 9.68. The molecule has 5 aromatic rings. The highest BCUT2D eigenvalue weighted by Gasteiger charge is 2.71. The number of anilines is 2. The molecule has 14 rings (SSSR count). The Morgan fingerprint density at radius 3 is 1.53 bits per heavy atom. The van der Waals surface area contributed by atoms with E-state index in [4.69, 9.17) is 9.47 Å². The molecule has 68 heavy (non-hydrogen) atoms. The molecule has 9 aliphatic rings. The maximum absolute atomic E-state index is 13.8. The predicted octanol–water partition coefficient (Wildman–Crippen LogP) is 8.96. The number of ether oxygens (including phenoxy) is 2. The SMILES string of the molecule is COc1ccccc1N1C(=O)[C@@H]2[C@H]3C[C@@H]([C@@H]2C1=O)[C@H]1[C@@H]3SC2=C(SC(=O)C2)[C@@H]1c1ccccc1.COc1ccccc1N1C(=O)[C@@H]2[C@H]3C[C@H]([C@@H]4Sc5[nH]c(=O)sc5[C@@H](c5ccccc5)[C@H]34)[C@@H]2C1=O. The molecule has 0 spiro atoms. The number of hydrogen-bond acceptors (Lipinski definition) is 12. The standard InChI is InChI=1S/C27H23NO4S2.C26H22N2O4S2/c1-32-17-10-6-5-9-16(17)28-26(30)22-14-11-15(23(22)27(28)31)24-21(14)20(13-7-3-2-4-8-13)25-18(33-24)12-19(29)34-25;1-32-16-10-6-5-9-15(16)28-24(29)19-13-11-14(20(19)25(28)30)21-18(13)17(12-7-3-2-4-8-12)22-23(33-21)27-26(31)34-22/h2-10,14-15,20-24H,11-12H2,1H3;2-10,13-14,17-21H,11H2,1H3,(H,27,31)/t14-,15-,20-,21-,22+,23-,24-;13-,14-,17-,18-,19+,20-,21-/m10/s1. The van der Waals surface area contributed by atoms with Crippen LogP contribution in [-0.4, -0.2) is 58.4 Å². The van der Waals surface area contributed by atoms with Crippen LogP contribution < -0.4 is 24.1 Å². The number of nitrogens with zero attached hydrogens (tertiary/aromatic N) is 2. The number of carbonyl (C=O) groups is 5. The number of aromatic amines is 1. The number of carbonyl (C=O) groups excluding carboxylic acids is 5. The third-order valence-electron chi connectivity index (χ3n) is 16.6. The summed E-state index contributed by atoms with van der Waals surface area (Å²) < 4.78 is 11.0. The first-order chi connectivity index (χ1) is 33.2. The van der Waals surface area contributed by atoms with Crippen molar-refractivity contribution in [3.05, 3.63) is 145 Å². The van der Waals surface area contributed by atoms with Gasteiger partial charge in [0.25, 0.3) is 0 Å². The fourth-order valence-corrected chi connectivity index (χ4v) is 20.5. The molecule has 5 aliphatic heterocycles. The number of hydrogen-bond donors (Lipinski definition) is 1. The predicted molar refractivity (Wildman–Crippen MR) is 263 cm³/mol. The van der Waals surface area contributed by atoms with E-state index in [1.165, 1.54) is 53.8 Å². The molecule has 1 N–H and O–H groups in total. The summed E-state index contributed by atoms with van der Waals surface area (Å²) >= 11 is 6.23. The average molecular weight is 980 g/mol. The van der Waals surface area contributed by atoms with Crippen molar-refractivity contribution in [1.82, 2.24) is 4.98 Å². The van der Waals surface area contributed by atoms with E-state index in [0.717, 1.165) is 22.7 Å². The number of amides is 4. The third kappa shape index (κ3) is 6.06. The van der Waals surface area contributed by atoms with Crippen molar-refractivity contribution in [3.8, 4) is 11.5 Å². The van der Waals surface area contributed by atoms with Gasteiger partial charge in [0.05, 0.1) is 54.3 Å². The molecule has 2 saturated heterocycles. The van der Waals surface area contributed by atoms with Crippen LogP contribution in [-0.2, 0) is 24.0 Å². The van der Waals surface area contributed by atoms with Gasteiger partial charge >= 0.3 is 4.87 Å². The van der Waals surface area contributed by atoms with Gasteiger partial charge in [-0.1, -0.05) is 108 Å². The van der Waals surface area contributed by atoms with Crippen molar-refractivity contribution in [2.45, 2.75) is 46.6 Å². The number of methoxy groups -OCH3 is 2. The number of para-hydroxylation sites is 4. The molecule has 0 unspecified atom stereocenters. The van der Waals surface area contributed by atoms with Gasteiger partial charge in [-0.05, 0) is 83.7 Å². The fourth-order valence-electron chi connectivity index (χ4n) is 14.4. The highest BCUT2D eigenvalue weighted by molar-refractivity contribution is 8.18. The summed E-state index contributed by atoms with van der Waals surface area (Å²) in [6, 6.07) is 35.3. The number of H-pyrrole nitrogens is 1. The van der Waals surface area contributed by atoms with E-state index in [2.05, 4.69) is 41.4 Å². The third-order valence-corrected chi connectivity index (χ3v) is 22.0. The molecule has 4 aromatic carbocycles. The Labute approximate surface area is 408 Å². The summed E-state index contributed by atoms with van der Waals surface area (Å²) in [6.07, 6.45) is 2.29. The molecule has 4 amide bonds. The Bertz CT molecular complexity index is 3070. The number of allylic oxidation sites excluding steroid dienone is 2. The number of benzene rings is 4. The summed E-state index contributed by atoms with van der Waals surface area (Å²) in [5.41, 5.74) is 3.48. The lowest BCUT2D eigenvalue weighted by Crippen LogP contribution is -2.42. The Kier molecular flexibility index (Phi) is 10.1. The van der Waals surface area contributed by atoms with Crippen LogP contribution in [0.4, 0.5) is 11.4 Å². The van der Waals surface area contributed by atoms with Crippen LogP contribution >= 0.6 is 46.6 Å². The minimum atomic E-state index is -0.312. The minimum absolute atomic E-state index is 0.0413. The molecule has 4 saturated carbocycles. The number of aromatic nitrogens is 1. The number of nitrogens with one attached hydrogen (secondary N) is 1. The molecular weight excluding hydrogens is 935 g/mol. The zero-order chi connectivity index (χ0) is 46.3. The molecule has 4 aliphatic carbocycles. The lowest BCUT2D eigenvalue weighted by Gasteiger charge is -2.44. The second kappa shape index (κ2) is 16.1. The Morgan fingerprint density at radius 2 is 1.00 bits per heavy atom. The van der Waals surface area contributed by atoms with Crippen LogP contribution in [0.15, 0.2) is 129 Å². The van der Waals surface area contributed by atoms with Crippen molar-refractivity contribution >= 4 is 86.7 Å². The van der Waals surface area contributed by atoms with Gasteiger partial charge in [0.15, 0.2) is 5.12 Å². The normalized spacial score (nSPS) is 34.4. The maximum atomic E-state index is 13.8. The Hall–Kier alpha value is -5.35. The van der Waals surface area contributed by atoms with Crippen molar-refractivity contribution in [1.29, 1.82) is 0 Å². The van der Waals surface area contributed by atoms with Gasteiger partial charge in [0.1, 0.15) is 11.5 Å². The Balaban J connectivity index is 0.000000134. The molecule has 6 fully saturated rings. The maximum Gasteiger partial charge on any atom is 0.305 e. The number of thioether (sulfide) groups is 3. The van der Waals surface area contributed by atoms with E-state index < -0.39 is 0 Å². The monoisotopic (exact) mass is 979 g/mol. The van der Waals surface area contributed by atoms with Gasteiger partial charge in [0, 0.05) is 43.4 Å². The van der Waals surface area contributed by atoms with Crippen LogP contribution in [0.3, 0.4) is 0 Å². The number of fused-ring (bicyclic) bond motifs is 17. The van der Waals surface area contributed by atoms with Gasteiger partial charge < -0.3 is 14.5 Å². The topological polar surface area (TPSA) is 143 Å². The van der Waals surface area contributed by atoms with Gasteiger partial charge in [0.2, 0.25) is 23.6 Å². The first-order valence-electron chi connectivity index (χ1n) is 23.3. The van der Waals surface area contributed by atoms with E-state index in [9.17, 15) is 28.8 Å². The van der Waals surface area contributed by atoms with E-state index in [-0.39, 0.29) is 115 Å². The molecule has 0 radical (unpaired) electrons. The Morgan fingerprint density at radius 1 is 0.544 bits per heavy atom. The summed E-state index contributed by atoms with van der Waals surface area (Å²) in [5.74, 6) is 0.682. The van der Waals surface area contributed by atoms with Crippen molar-refractivity contribution in [2.75, 3.05) is 24.0 Å². The molecule has 4 bridgehead atoms. The van der Waals surface area contributed by atoms with E-state index in [0.29, 0.717) is 29.3 Å². The van der Waals surface area contributed by atoms with E-state index in [1.807, 2.05) is 60.3 Å². The highest BCUT2D eigenvalue weighted by Crippen LogP contribution is 2.72. The second-order valence-corrected chi connectivity index (χ2v) is 23.9. The van der Waals surface area contributed by atoms with Crippen molar-refractivity contribution in [3.63, 3.8) is 0 Å². The zero-order valence-electron chi connectivity index (χ0n) is 36.9. The molecular formula is C53H45N3O8S4. The number of thiazole rings is 1. The first kappa shape index (κ1) is 42.7. The van der Waals surface area contributed by atoms with Gasteiger partial charge in [-0.25, -0.2) is 9.80 Å². The van der Waals surface area contributed by atoms with Crippen LogP contribution in [0.1, 0.15) is 47.1 Å². The van der Waals surface area contributed by atoms with Crippen molar-refractivity contribution in [2.24, 2.45) is 59.2 Å². The van der Waals surface area contributed by atoms with Crippen LogP contribution in [0.2, 0.25) is 0 Å². The highest BCUT2D eigenvalue weighted by atomic mass is 32.2. The molecule has 15 heteroatoms. The lowest BCUT2D eigenvalue weighted by molar-refractivity contribution is -0.124.